The van der Waals surface area contributed by atoms with E-state index in [1.54, 1.807) is 0 Å². The van der Waals surface area contributed by atoms with E-state index in [1.807, 2.05) is 4.40 Å². The molecule has 9 aromatic rings. The van der Waals surface area contributed by atoms with Crippen LogP contribution in [0.15, 0.2) is 53.3 Å². The first-order valence-corrected chi connectivity index (χ1v) is 16.3. The lowest BCUT2D eigenvalue weighted by molar-refractivity contribution is 0.778. The highest BCUT2D eigenvalue weighted by atomic mass is 16.1. The van der Waals surface area contributed by atoms with Gasteiger partial charge < -0.3 is 0 Å². The zero-order valence-electron chi connectivity index (χ0n) is 25.2. The lowest BCUT2D eigenvalue weighted by atomic mass is 9.90. The fraction of sp³-hybridized carbons (Fsp3) is 0.308. The molecule has 0 unspecified atom stereocenters. The van der Waals surface area contributed by atoms with E-state index in [9.17, 15) is 4.79 Å². The van der Waals surface area contributed by atoms with E-state index in [0.29, 0.717) is 5.65 Å². The van der Waals surface area contributed by atoms with Crippen LogP contribution in [0.4, 0.5) is 0 Å². The molecule has 0 aliphatic carbocycles. The number of aromatic nitrogens is 3. The fourth-order valence-corrected chi connectivity index (χ4v) is 8.14. The smallest absolute Gasteiger partial charge is 0.266 e. The van der Waals surface area contributed by atoms with Crippen molar-refractivity contribution in [3.05, 3.63) is 75.7 Å². The van der Waals surface area contributed by atoms with Gasteiger partial charge in [-0.3, -0.25) is 4.79 Å². The zero-order valence-corrected chi connectivity index (χ0v) is 25.2. The number of rotatable bonds is 9. The summed E-state index contributed by atoms with van der Waals surface area (Å²) in [4.78, 5) is 24.8. The molecule has 6 aromatic carbocycles. The summed E-state index contributed by atoms with van der Waals surface area (Å²) in [6, 6.07) is 18.2. The zero-order chi connectivity index (χ0) is 29.0. The van der Waals surface area contributed by atoms with E-state index in [0.717, 1.165) is 90.8 Å². The van der Waals surface area contributed by atoms with E-state index in [2.05, 4.69) is 69.3 Å². The maximum atomic E-state index is 14.7. The molecule has 0 bridgehead atoms. The summed E-state index contributed by atoms with van der Waals surface area (Å²) >= 11 is 0. The molecule has 212 valence electrons. The van der Waals surface area contributed by atoms with Gasteiger partial charge in [-0.05, 0) is 128 Å². The third kappa shape index (κ3) is 3.19. The van der Waals surface area contributed by atoms with Crippen molar-refractivity contribution < 1.29 is 0 Å². The summed E-state index contributed by atoms with van der Waals surface area (Å²) < 4.78 is 1.83. The van der Waals surface area contributed by atoms with E-state index in [1.165, 1.54) is 59.6 Å². The highest BCUT2D eigenvalue weighted by molar-refractivity contribution is 6.49. The van der Waals surface area contributed by atoms with Crippen molar-refractivity contribution in [1.29, 1.82) is 0 Å². The van der Waals surface area contributed by atoms with Gasteiger partial charge in [-0.2, -0.15) is 0 Å². The molecule has 0 aliphatic rings. The van der Waals surface area contributed by atoms with Crippen LogP contribution in [0.25, 0.3) is 81.4 Å². The van der Waals surface area contributed by atoms with Crippen molar-refractivity contribution in [2.75, 3.05) is 0 Å². The number of hydrogen-bond donors (Lipinski definition) is 0. The summed E-state index contributed by atoms with van der Waals surface area (Å²) in [5.41, 5.74) is 6.05. The number of benzene rings is 5. The third-order valence-corrected chi connectivity index (χ3v) is 10.2. The first-order valence-electron chi connectivity index (χ1n) is 16.3. The lowest BCUT2D eigenvalue weighted by Crippen LogP contribution is -2.07. The van der Waals surface area contributed by atoms with Crippen LogP contribution >= 0.6 is 0 Å². The number of nitrogens with zero attached hydrogens (tertiary/aromatic N) is 3. The summed E-state index contributed by atoms with van der Waals surface area (Å²) in [6.07, 6.45) is 9.72. The van der Waals surface area contributed by atoms with Crippen molar-refractivity contribution in [2.24, 2.45) is 0 Å². The van der Waals surface area contributed by atoms with Crippen molar-refractivity contribution in [1.82, 2.24) is 14.4 Å². The van der Waals surface area contributed by atoms with Crippen LogP contribution in [-0.2, 0) is 19.3 Å². The molecule has 0 spiro atoms. The molecule has 0 N–H and O–H groups in total. The largest absolute Gasteiger partial charge is 0.268 e. The number of aryl methyl sites for hydroxylation is 3. The van der Waals surface area contributed by atoms with E-state index < -0.39 is 0 Å². The molecule has 3 heterocycles. The Morgan fingerprint density at radius 3 is 1.77 bits per heavy atom. The van der Waals surface area contributed by atoms with Crippen LogP contribution in [0, 0.1) is 0 Å². The SMILES string of the molecule is CCCCc1ccc2nc3c4c5cc(CCCC)c6ccc7ccc8c(CCCC)cc(c4c(=O)n3c2n1)c1c8c7c6c51. The molecule has 9 rings (SSSR count). The fourth-order valence-electron chi connectivity index (χ4n) is 8.14. The number of fused-ring (bicyclic) bond motifs is 7. The number of pyridine rings is 1. The Bertz CT molecular complexity index is 2530. The van der Waals surface area contributed by atoms with Crippen molar-refractivity contribution >= 4 is 81.4 Å². The molecule has 0 radical (unpaired) electrons. The summed E-state index contributed by atoms with van der Waals surface area (Å²) in [6.45, 7) is 6.72. The van der Waals surface area contributed by atoms with E-state index in [-0.39, 0.29) is 5.56 Å². The molecule has 0 atom stereocenters. The Morgan fingerprint density at radius 2 is 1.14 bits per heavy atom. The van der Waals surface area contributed by atoms with Gasteiger partial charge in [0.25, 0.3) is 5.56 Å². The van der Waals surface area contributed by atoms with Crippen molar-refractivity contribution in [3.63, 3.8) is 0 Å². The molecule has 0 saturated carbocycles. The second-order valence-electron chi connectivity index (χ2n) is 12.8. The summed E-state index contributed by atoms with van der Waals surface area (Å²) in [7, 11) is 0. The average molecular weight is 562 g/mol. The summed E-state index contributed by atoms with van der Waals surface area (Å²) in [5.74, 6) is 0. The predicted octanol–water partition coefficient (Wildman–Crippen LogP) is 9.94. The molecule has 4 heteroatoms. The van der Waals surface area contributed by atoms with Gasteiger partial charge in [0.05, 0.1) is 5.39 Å². The molecular weight excluding hydrogens is 526 g/mol. The van der Waals surface area contributed by atoms with Gasteiger partial charge in [-0.15, -0.1) is 0 Å². The minimum atomic E-state index is 0.0219. The predicted molar refractivity (Wildman–Crippen MR) is 182 cm³/mol. The first-order chi connectivity index (χ1) is 21.1. The maximum Gasteiger partial charge on any atom is 0.266 e. The second kappa shape index (κ2) is 9.09. The van der Waals surface area contributed by atoms with Crippen LogP contribution in [0.3, 0.4) is 0 Å². The number of unbranched alkanes of at least 4 members (excludes halogenated alkanes) is 3. The van der Waals surface area contributed by atoms with Crippen molar-refractivity contribution in [2.45, 2.75) is 78.6 Å². The molecule has 43 heavy (non-hydrogen) atoms. The Hall–Kier alpha value is -4.31. The van der Waals surface area contributed by atoms with Crippen LogP contribution in [-0.4, -0.2) is 14.4 Å². The van der Waals surface area contributed by atoms with Gasteiger partial charge in [0.2, 0.25) is 0 Å². The van der Waals surface area contributed by atoms with Gasteiger partial charge >= 0.3 is 0 Å². The Morgan fingerprint density at radius 1 is 0.558 bits per heavy atom. The highest BCUT2D eigenvalue weighted by Gasteiger charge is 2.29. The van der Waals surface area contributed by atoms with Crippen LogP contribution in [0.5, 0.6) is 0 Å². The average Bonchev–Trinajstić information content (AvgIpc) is 3.68. The normalized spacial score (nSPS) is 13.0. The number of imidazole rings is 1. The van der Waals surface area contributed by atoms with Crippen molar-refractivity contribution in [3.8, 4) is 0 Å². The minimum Gasteiger partial charge on any atom is -0.268 e. The van der Waals surface area contributed by atoms with Gasteiger partial charge in [0, 0.05) is 11.1 Å². The van der Waals surface area contributed by atoms with Gasteiger partial charge in [-0.25, -0.2) is 14.4 Å². The first kappa shape index (κ1) is 25.2. The molecule has 4 nitrogen and oxygen atoms in total. The van der Waals surface area contributed by atoms with E-state index >= 15 is 0 Å². The molecule has 0 fully saturated rings. The lowest BCUT2D eigenvalue weighted by Gasteiger charge is -2.12. The van der Waals surface area contributed by atoms with Gasteiger partial charge in [0.15, 0.2) is 11.3 Å². The molecule has 0 amide bonds. The number of hydrogen-bond acceptors (Lipinski definition) is 3. The molecule has 0 saturated heterocycles. The van der Waals surface area contributed by atoms with Gasteiger partial charge in [0.1, 0.15) is 5.52 Å². The topological polar surface area (TPSA) is 47.3 Å². The quantitative estimate of drug-likeness (QED) is 0.165. The monoisotopic (exact) mass is 561 g/mol. The Kier molecular flexibility index (Phi) is 5.33. The minimum absolute atomic E-state index is 0.0219. The van der Waals surface area contributed by atoms with Crippen LogP contribution in [0.2, 0.25) is 0 Å². The maximum absolute atomic E-state index is 14.7. The van der Waals surface area contributed by atoms with Crippen LogP contribution < -0.4 is 5.56 Å². The van der Waals surface area contributed by atoms with E-state index in [4.69, 9.17) is 9.97 Å². The third-order valence-electron chi connectivity index (χ3n) is 10.2. The molecular formula is C39H35N3O. The van der Waals surface area contributed by atoms with Gasteiger partial charge in [-0.1, -0.05) is 64.3 Å². The second-order valence-corrected chi connectivity index (χ2v) is 12.8. The molecule has 0 aliphatic heterocycles. The van der Waals surface area contributed by atoms with Crippen LogP contribution in [0.1, 0.15) is 76.1 Å². The highest BCUT2D eigenvalue weighted by Crippen LogP contribution is 2.52. The molecule has 3 aromatic heterocycles. The summed E-state index contributed by atoms with van der Waals surface area (Å²) in [5, 5.41) is 14.8. The Balaban J connectivity index is 1.54. The Labute approximate surface area is 249 Å². The standard InChI is InChI=1S/C39H35N3O/c1-4-7-10-22-19-27-33-31-25(22)16-13-21-14-17-26-23(11-8-5-2)20-28(34(33)32(26)30(21)31)36-35(27)38-41-29-18-15-24(12-9-6-3)40-37(29)42(38)39(36)43/h13-20H,4-12H2,1-3H3.